The minimum Gasteiger partial charge on any atom is -0.392 e. The molecule has 1 amide bonds. The highest BCUT2D eigenvalue weighted by atomic mass is 16.3. The third-order valence-electron chi connectivity index (χ3n) is 3.10. The Morgan fingerprint density at radius 1 is 1.57 bits per heavy atom. The van der Waals surface area contributed by atoms with E-state index in [0.717, 1.165) is 6.42 Å². The number of aliphatic hydroxyl groups is 1. The number of carbonyl (C=O) groups excluding carboxylic acids is 1. The molecule has 82 valence electrons. The van der Waals surface area contributed by atoms with Gasteiger partial charge in [0.25, 0.3) is 0 Å². The molecule has 0 aliphatic heterocycles. The number of likely N-dealkylation sites (N-methyl/N-ethyl adjacent to an activating group) is 1. The first kappa shape index (κ1) is 11.5. The van der Waals surface area contributed by atoms with Crippen molar-refractivity contribution in [2.45, 2.75) is 39.3 Å². The predicted molar refractivity (Wildman–Crippen MR) is 54.9 cm³/mol. The Labute approximate surface area is 85.1 Å². The first-order chi connectivity index (χ1) is 6.48. The van der Waals surface area contributed by atoms with Crippen molar-refractivity contribution in [1.29, 1.82) is 0 Å². The van der Waals surface area contributed by atoms with Gasteiger partial charge in [0.2, 0.25) is 5.91 Å². The highest BCUT2D eigenvalue weighted by Gasteiger charge is 2.46. The summed E-state index contributed by atoms with van der Waals surface area (Å²) in [6, 6.07) is 0.250. The van der Waals surface area contributed by atoms with Crippen LogP contribution >= 0.6 is 0 Å². The second-order valence-corrected chi connectivity index (χ2v) is 4.46. The lowest BCUT2D eigenvalue weighted by Crippen LogP contribution is -2.61. The maximum Gasteiger partial charge on any atom is 0.233 e. The molecule has 0 aromatic rings. The van der Waals surface area contributed by atoms with Crippen LogP contribution in [-0.2, 0) is 4.79 Å². The largest absolute Gasteiger partial charge is 0.392 e. The monoisotopic (exact) mass is 200 g/mol. The number of hydrogen-bond acceptors (Lipinski definition) is 3. The smallest absolute Gasteiger partial charge is 0.233 e. The summed E-state index contributed by atoms with van der Waals surface area (Å²) < 4.78 is 0. The standard InChI is InChI=1S/C10H20N2O2/c1-4-11-9(14)6-12-7-5-8(13)10(7,2)3/h7-8,12-13H,4-6H2,1-3H3,(H,11,14). The summed E-state index contributed by atoms with van der Waals surface area (Å²) in [5, 5.41) is 15.4. The summed E-state index contributed by atoms with van der Waals surface area (Å²) in [6.07, 6.45) is 0.501. The summed E-state index contributed by atoms with van der Waals surface area (Å²) in [5.74, 6) is 0.0182. The maximum atomic E-state index is 11.1. The molecule has 1 saturated carbocycles. The number of hydrogen-bond donors (Lipinski definition) is 3. The van der Waals surface area contributed by atoms with E-state index >= 15 is 0 Å². The molecular weight excluding hydrogens is 180 g/mol. The third-order valence-corrected chi connectivity index (χ3v) is 3.10. The van der Waals surface area contributed by atoms with Crippen molar-refractivity contribution >= 4 is 5.91 Å². The van der Waals surface area contributed by atoms with Crippen LogP contribution in [0.3, 0.4) is 0 Å². The van der Waals surface area contributed by atoms with Gasteiger partial charge in [0.15, 0.2) is 0 Å². The minimum atomic E-state index is -0.241. The SMILES string of the molecule is CCNC(=O)CNC1CC(O)C1(C)C. The fourth-order valence-corrected chi connectivity index (χ4v) is 1.72. The average molecular weight is 200 g/mol. The molecule has 0 bridgehead atoms. The molecule has 0 heterocycles. The van der Waals surface area contributed by atoms with Gasteiger partial charge in [-0.3, -0.25) is 4.79 Å². The summed E-state index contributed by atoms with van der Waals surface area (Å²) in [5.41, 5.74) is -0.105. The Morgan fingerprint density at radius 2 is 2.21 bits per heavy atom. The van der Waals surface area contributed by atoms with Gasteiger partial charge in [-0.05, 0) is 13.3 Å². The van der Waals surface area contributed by atoms with Gasteiger partial charge in [-0.15, -0.1) is 0 Å². The Bertz CT molecular complexity index is 216. The lowest BCUT2D eigenvalue weighted by atomic mass is 9.64. The van der Waals surface area contributed by atoms with Gasteiger partial charge >= 0.3 is 0 Å². The van der Waals surface area contributed by atoms with Crippen molar-refractivity contribution in [3.8, 4) is 0 Å². The topological polar surface area (TPSA) is 61.4 Å². The van der Waals surface area contributed by atoms with E-state index < -0.39 is 0 Å². The molecule has 0 aromatic heterocycles. The molecule has 14 heavy (non-hydrogen) atoms. The van der Waals surface area contributed by atoms with Crippen LogP contribution < -0.4 is 10.6 Å². The van der Waals surface area contributed by atoms with Crippen LogP contribution in [0.5, 0.6) is 0 Å². The van der Waals surface area contributed by atoms with E-state index in [1.165, 1.54) is 0 Å². The number of rotatable bonds is 4. The third kappa shape index (κ3) is 2.25. The van der Waals surface area contributed by atoms with Crippen LogP contribution in [0.1, 0.15) is 27.2 Å². The number of carbonyl (C=O) groups is 1. The van der Waals surface area contributed by atoms with Crippen LogP contribution in [0.4, 0.5) is 0 Å². The van der Waals surface area contributed by atoms with Gasteiger partial charge in [0.05, 0.1) is 12.6 Å². The van der Waals surface area contributed by atoms with Crippen LogP contribution in [-0.4, -0.2) is 36.2 Å². The first-order valence-electron chi connectivity index (χ1n) is 5.16. The molecule has 0 aromatic carbocycles. The molecule has 2 unspecified atom stereocenters. The van der Waals surface area contributed by atoms with Gasteiger partial charge < -0.3 is 15.7 Å². The van der Waals surface area contributed by atoms with E-state index in [1.54, 1.807) is 0 Å². The van der Waals surface area contributed by atoms with Crippen LogP contribution in [0.2, 0.25) is 0 Å². The zero-order valence-electron chi connectivity index (χ0n) is 9.13. The van der Waals surface area contributed by atoms with E-state index in [-0.39, 0.29) is 23.5 Å². The van der Waals surface area contributed by atoms with E-state index in [9.17, 15) is 9.90 Å². The van der Waals surface area contributed by atoms with Crippen molar-refractivity contribution in [1.82, 2.24) is 10.6 Å². The second kappa shape index (κ2) is 4.28. The fraction of sp³-hybridized carbons (Fsp3) is 0.900. The van der Waals surface area contributed by atoms with Gasteiger partial charge in [-0.1, -0.05) is 13.8 Å². The van der Waals surface area contributed by atoms with Crippen LogP contribution in [0.25, 0.3) is 0 Å². The van der Waals surface area contributed by atoms with E-state index in [2.05, 4.69) is 10.6 Å². The van der Waals surface area contributed by atoms with Gasteiger partial charge in [-0.2, -0.15) is 0 Å². The van der Waals surface area contributed by atoms with Gasteiger partial charge in [0.1, 0.15) is 0 Å². The molecule has 1 aliphatic carbocycles. The van der Waals surface area contributed by atoms with Crippen molar-refractivity contribution < 1.29 is 9.90 Å². The Kier molecular flexibility index (Phi) is 3.50. The zero-order valence-corrected chi connectivity index (χ0v) is 9.13. The minimum absolute atomic E-state index is 0.0182. The molecule has 3 N–H and O–H groups in total. The molecule has 0 saturated heterocycles. The van der Waals surface area contributed by atoms with Crippen molar-refractivity contribution in [3.63, 3.8) is 0 Å². The molecule has 0 radical (unpaired) electrons. The highest BCUT2D eigenvalue weighted by Crippen LogP contribution is 2.40. The number of nitrogens with one attached hydrogen (secondary N) is 2. The molecule has 1 fully saturated rings. The lowest BCUT2D eigenvalue weighted by Gasteiger charge is -2.49. The Morgan fingerprint density at radius 3 is 2.64 bits per heavy atom. The van der Waals surface area contributed by atoms with Crippen molar-refractivity contribution in [2.24, 2.45) is 5.41 Å². The van der Waals surface area contributed by atoms with Crippen molar-refractivity contribution in [2.75, 3.05) is 13.1 Å². The van der Waals surface area contributed by atoms with E-state index in [1.807, 2.05) is 20.8 Å². The van der Waals surface area contributed by atoms with Crippen LogP contribution in [0, 0.1) is 5.41 Å². The molecule has 1 rings (SSSR count). The van der Waals surface area contributed by atoms with E-state index in [4.69, 9.17) is 0 Å². The summed E-state index contributed by atoms with van der Waals surface area (Å²) in [6.45, 7) is 6.92. The van der Waals surface area contributed by atoms with Crippen LogP contribution in [0.15, 0.2) is 0 Å². The lowest BCUT2D eigenvalue weighted by molar-refractivity contribution is -0.122. The average Bonchev–Trinajstić information content (AvgIpc) is 2.12. The Hall–Kier alpha value is -0.610. The highest BCUT2D eigenvalue weighted by molar-refractivity contribution is 5.77. The van der Waals surface area contributed by atoms with E-state index in [0.29, 0.717) is 13.1 Å². The molecule has 2 atom stereocenters. The normalized spacial score (nSPS) is 29.4. The van der Waals surface area contributed by atoms with Gasteiger partial charge in [0, 0.05) is 18.0 Å². The molecule has 4 heteroatoms. The maximum absolute atomic E-state index is 11.1. The molecule has 1 aliphatic rings. The second-order valence-electron chi connectivity index (χ2n) is 4.46. The summed E-state index contributed by atoms with van der Waals surface area (Å²) in [7, 11) is 0. The summed E-state index contributed by atoms with van der Waals surface area (Å²) in [4.78, 5) is 11.1. The predicted octanol–water partition coefficient (Wildman–Crippen LogP) is -0.128. The Balaban J connectivity index is 2.24. The molecule has 0 spiro atoms. The molecular formula is C10H20N2O2. The number of amides is 1. The molecule has 4 nitrogen and oxygen atoms in total. The number of aliphatic hydroxyl groups excluding tert-OH is 1. The zero-order chi connectivity index (χ0) is 10.8. The van der Waals surface area contributed by atoms with Gasteiger partial charge in [-0.25, -0.2) is 0 Å². The fourth-order valence-electron chi connectivity index (χ4n) is 1.72. The summed E-state index contributed by atoms with van der Waals surface area (Å²) >= 11 is 0. The quantitative estimate of drug-likeness (QED) is 0.592. The first-order valence-corrected chi connectivity index (χ1v) is 5.16. The van der Waals surface area contributed by atoms with Crippen molar-refractivity contribution in [3.05, 3.63) is 0 Å².